The van der Waals surface area contributed by atoms with Crippen LogP contribution in [0.2, 0.25) is 0 Å². The molecule has 0 aromatic carbocycles. The maximum atomic E-state index is 12.8. The molecule has 0 spiro atoms. The van der Waals surface area contributed by atoms with E-state index in [1.807, 2.05) is 0 Å². The van der Waals surface area contributed by atoms with E-state index in [1.165, 1.54) is 161 Å². The van der Waals surface area contributed by atoms with Crippen molar-refractivity contribution >= 4 is 17.9 Å². The summed E-state index contributed by atoms with van der Waals surface area (Å²) in [6, 6.07) is 0. The second-order valence-electron chi connectivity index (χ2n) is 18.8. The van der Waals surface area contributed by atoms with E-state index in [0.29, 0.717) is 19.3 Å². The molecule has 0 saturated heterocycles. The van der Waals surface area contributed by atoms with Crippen molar-refractivity contribution in [2.24, 2.45) is 0 Å². The van der Waals surface area contributed by atoms with Gasteiger partial charge in [0.15, 0.2) is 6.10 Å². The first-order valence-electron chi connectivity index (χ1n) is 28.0. The summed E-state index contributed by atoms with van der Waals surface area (Å²) in [5, 5.41) is 0. The van der Waals surface area contributed by atoms with Crippen molar-refractivity contribution in [3.05, 3.63) is 36.5 Å². The van der Waals surface area contributed by atoms with E-state index in [0.717, 1.165) is 96.3 Å². The van der Waals surface area contributed by atoms with Gasteiger partial charge in [0.2, 0.25) is 0 Å². The minimum absolute atomic E-state index is 0.0748. The third-order valence-electron chi connectivity index (χ3n) is 12.4. The van der Waals surface area contributed by atoms with Crippen molar-refractivity contribution in [2.75, 3.05) is 13.2 Å². The van der Waals surface area contributed by atoms with Gasteiger partial charge in [-0.3, -0.25) is 14.4 Å². The number of esters is 3. The average Bonchev–Trinajstić information content (AvgIpc) is 3.29. The van der Waals surface area contributed by atoms with Crippen LogP contribution < -0.4 is 0 Å². The van der Waals surface area contributed by atoms with E-state index in [-0.39, 0.29) is 31.1 Å². The summed E-state index contributed by atoms with van der Waals surface area (Å²) in [4.78, 5) is 38.0. The molecule has 64 heavy (non-hydrogen) atoms. The standard InChI is InChI=1S/C58H106O6/c1-4-7-10-13-16-19-22-24-26-27-28-29-30-31-33-34-36-39-42-45-48-51-57(60)63-54-55(53-62-56(59)50-47-44-41-38-21-18-15-12-9-6-3)64-58(61)52-49-46-43-40-37-35-32-25-23-20-17-14-11-8-5-2/h8,11,17,20,25,32,55H,4-7,9-10,12-16,18-19,21-24,26-31,33-54H2,1-3H3/b11-8-,20-17-,32-25-. The predicted molar refractivity (Wildman–Crippen MR) is 275 cm³/mol. The van der Waals surface area contributed by atoms with Gasteiger partial charge in [0.05, 0.1) is 0 Å². The Bertz CT molecular complexity index is 1080. The Morgan fingerprint density at radius 1 is 0.328 bits per heavy atom. The Morgan fingerprint density at radius 2 is 0.609 bits per heavy atom. The lowest BCUT2D eigenvalue weighted by atomic mass is 10.0. The van der Waals surface area contributed by atoms with Crippen molar-refractivity contribution < 1.29 is 28.6 Å². The summed E-state index contributed by atoms with van der Waals surface area (Å²) in [5.74, 6) is -0.878. The minimum atomic E-state index is -0.776. The zero-order chi connectivity index (χ0) is 46.5. The Labute approximate surface area is 397 Å². The van der Waals surface area contributed by atoms with Crippen molar-refractivity contribution in [3.63, 3.8) is 0 Å². The van der Waals surface area contributed by atoms with Gasteiger partial charge in [-0.15, -0.1) is 0 Å². The smallest absolute Gasteiger partial charge is 0.306 e. The third kappa shape index (κ3) is 50.6. The normalized spacial score (nSPS) is 12.2. The first-order valence-corrected chi connectivity index (χ1v) is 28.0. The molecule has 0 aliphatic rings. The minimum Gasteiger partial charge on any atom is -0.462 e. The molecule has 0 amide bonds. The third-order valence-corrected chi connectivity index (χ3v) is 12.4. The quantitative estimate of drug-likeness (QED) is 0.0262. The summed E-state index contributed by atoms with van der Waals surface area (Å²) in [7, 11) is 0. The summed E-state index contributed by atoms with van der Waals surface area (Å²) in [5.41, 5.74) is 0. The fourth-order valence-corrected chi connectivity index (χ4v) is 8.22. The fourth-order valence-electron chi connectivity index (χ4n) is 8.22. The zero-order valence-corrected chi connectivity index (χ0v) is 42.8. The number of unbranched alkanes of at least 4 members (excludes halogenated alkanes) is 34. The highest BCUT2D eigenvalue weighted by Gasteiger charge is 2.19. The SMILES string of the molecule is CC/C=C\C/C=C\C/C=C\CCCCCCCC(=O)OC(COC(=O)CCCCCCCCCCCC)COC(=O)CCCCCCCCCCCCCCCCCCCCCCC. The van der Waals surface area contributed by atoms with Crippen LogP contribution in [0, 0.1) is 0 Å². The van der Waals surface area contributed by atoms with Gasteiger partial charge >= 0.3 is 17.9 Å². The number of hydrogen-bond acceptors (Lipinski definition) is 6. The van der Waals surface area contributed by atoms with Gasteiger partial charge in [0.1, 0.15) is 13.2 Å². The Hall–Kier alpha value is -2.37. The van der Waals surface area contributed by atoms with Crippen LogP contribution in [-0.2, 0) is 28.6 Å². The molecular weight excluding hydrogens is 793 g/mol. The van der Waals surface area contributed by atoms with Gasteiger partial charge in [-0.25, -0.2) is 0 Å². The molecule has 0 fully saturated rings. The second-order valence-corrected chi connectivity index (χ2v) is 18.8. The van der Waals surface area contributed by atoms with E-state index in [9.17, 15) is 14.4 Å². The fraction of sp³-hybridized carbons (Fsp3) is 0.845. The summed E-state index contributed by atoms with van der Waals surface area (Å²) in [6.07, 6.45) is 62.9. The van der Waals surface area contributed by atoms with Crippen LogP contribution in [0.3, 0.4) is 0 Å². The molecule has 0 aromatic rings. The van der Waals surface area contributed by atoms with E-state index in [4.69, 9.17) is 14.2 Å². The number of ether oxygens (including phenoxy) is 3. The monoisotopic (exact) mass is 899 g/mol. The van der Waals surface area contributed by atoms with Crippen LogP contribution in [0.25, 0.3) is 0 Å². The highest BCUT2D eigenvalue weighted by Crippen LogP contribution is 2.17. The maximum absolute atomic E-state index is 12.8. The van der Waals surface area contributed by atoms with E-state index >= 15 is 0 Å². The van der Waals surface area contributed by atoms with Crippen LogP contribution in [0.15, 0.2) is 36.5 Å². The van der Waals surface area contributed by atoms with Crippen molar-refractivity contribution in [3.8, 4) is 0 Å². The summed E-state index contributed by atoms with van der Waals surface area (Å²) >= 11 is 0. The van der Waals surface area contributed by atoms with Crippen LogP contribution in [0.5, 0.6) is 0 Å². The second kappa shape index (κ2) is 53.2. The Balaban J connectivity index is 4.25. The van der Waals surface area contributed by atoms with Crippen molar-refractivity contribution in [1.82, 2.24) is 0 Å². The molecule has 0 radical (unpaired) electrons. The van der Waals surface area contributed by atoms with Gasteiger partial charge in [-0.05, 0) is 51.4 Å². The molecule has 0 saturated carbocycles. The molecule has 6 nitrogen and oxygen atoms in total. The highest BCUT2D eigenvalue weighted by atomic mass is 16.6. The van der Waals surface area contributed by atoms with Gasteiger partial charge in [-0.1, -0.05) is 263 Å². The Kier molecular flexibility index (Phi) is 51.3. The van der Waals surface area contributed by atoms with Crippen molar-refractivity contribution in [2.45, 2.75) is 303 Å². The number of rotatable bonds is 51. The van der Waals surface area contributed by atoms with Gasteiger partial charge in [-0.2, -0.15) is 0 Å². The van der Waals surface area contributed by atoms with Crippen molar-refractivity contribution in [1.29, 1.82) is 0 Å². The number of allylic oxidation sites excluding steroid dienone is 6. The largest absolute Gasteiger partial charge is 0.462 e. The zero-order valence-electron chi connectivity index (χ0n) is 42.8. The first kappa shape index (κ1) is 61.6. The number of carbonyl (C=O) groups excluding carboxylic acids is 3. The summed E-state index contributed by atoms with van der Waals surface area (Å²) in [6.45, 7) is 6.54. The molecule has 0 N–H and O–H groups in total. The van der Waals surface area contributed by atoms with E-state index in [2.05, 4.69) is 57.2 Å². The molecule has 1 atom stereocenters. The molecule has 374 valence electrons. The van der Waals surface area contributed by atoms with Crippen LogP contribution in [0.1, 0.15) is 297 Å². The van der Waals surface area contributed by atoms with Gasteiger partial charge in [0, 0.05) is 19.3 Å². The van der Waals surface area contributed by atoms with Crippen LogP contribution in [-0.4, -0.2) is 37.2 Å². The lowest BCUT2D eigenvalue weighted by Crippen LogP contribution is -2.30. The number of hydrogen-bond donors (Lipinski definition) is 0. The van der Waals surface area contributed by atoms with Crippen LogP contribution in [0.4, 0.5) is 0 Å². The van der Waals surface area contributed by atoms with Gasteiger partial charge in [0.25, 0.3) is 0 Å². The number of carbonyl (C=O) groups is 3. The molecular formula is C58H106O6. The van der Waals surface area contributed by atoms with Gasteiger partial charge < -0.3 is 14.2 Å². The maximum Gasteiger partial charge on any atom is 0.306 e. The Morgan fingerprint density at radius 3 is 0.953 bits per heavy atom. The molecule has 0 bridgehead atoms. The summed E-state index contributed by atoms with van der Waals surface area (Å²) < 4.78 is 16.8. The molecule has 0 aromatic heterocycles. The average molecular weight is 899 g/mol. The molecule has 0 heterocycles. The predicted octanol–water partition coefficient (Wildman–Crippen LogP) is 18.5. The highest BCUT2D eigenvalue weighted by molar-refractivity contribution is 5.71. The molecule has 0 aliphatic carbocycles. The molecule has 0 aliphatic heterocycles. The lowest BCUT2D eigenvalue weighted by Gasteiger charge is -2.18. The van der Waals surface area contributed by atoms with E-state index < -0.39 is 6.10 Å². The first-order chi connectivity index (χ1) is 31.5. The topological polar surface area (TPSA) is 78.9 Å². The van der Waals surface area contributed by atoms with Crippen LogP contribution >= 0.6 is 0 Å². The molecule has 0 rings (SSSR count). The molecule has 1 unspecified atom stereocenters. The molecule has 6 heteroatoms. The lowest BCUT2D eigenvalue weighted by molar-refractivity contribution is -0.167. The van der Waals surface area contributed by atoms with E-state index in [1.54, 1.807) is 0 Å².